The highest BCUT2D eigenvalue weighted by atomic mass is 16.5. The van der Waals surface area contributed by atoms with Crippen molar-refractivity contribution >= 4 is 17.5 Å². The zero-order valence-corrected chi connectivity index (χ0v) is 16.7. The van der Waals surface area contributed by atoms with E-state index in [2.05, 4.69) is 24.5 Å². The topological polar surface area (TPSA) is 67.4 Å². The molecular formula is C23H28N2O3. The van der Waals surface area contributed by atoms with Gasteiger partial charge < -0.3 is 15.4 Å². The van der Waals surface area contributed by atoms with Crippen molar-refractivity contribution in [2.24, 2.45) is 5.92 Å². The van der Waals surface area contributed by atoms with Crippen molar-refractivity contribution in [1.29, 1.82) is 0 Å². The minimum absolute atomic E-state index is 0.114. The number of carbonyl (C=O) groups excluding carboxylic acids is 2. The highest BCUT2D eigenvalue weighted by molar-refractivity contribution is 6.04. The largest absolute Gasteiger partial charge is 0.497 e. The second kappa shape index (κ2) is 8.46. The van der Waals surface area contributed by atoms with Crippen molar-refractivity contribution in [3.05, 3.63) is 59.7 Å². The first kappa shape index (κ1) is 19.9. The lowest BCUT2D eigenvalue weighted by Gasteiger charge is -2.17. The van der Waals surface area contributed by atoms with Crippen molar-refractivity contribution in [3.63, 3.8) is 0 Å². The zero-order valence-electron chi connectivity index (χ0n) is 16.7. The Labute approximate surface area is 166 Å². The molecule has 2 N–H and O–H groups in total. The number of ether oxygens (including phenoxy) is 1. The highest BCUT2D eigenvalue weighted by Crippen LogP contribution is 2.48. The summed E-state index contributed by atoms with van der Waals surface area (Å²) in [6.07, 6.45) is 2.73. The summed E-state index contributed by atoms with van der Waals surface area (Å²) in [5.74, 6) is 1.22. The predicted molar refractivity (Wildman–Crippen MR) is 111 cm³/mol. The van der Waals surface area contributed by atoms with E-state index < -0.39 is 5.41 Å². The summed E-state index contributed by atoms with van der Waals surface area (Å²) in [5.41, 5.74) is 1.89. The molecule has 1 saturated carbocycles. The van der Waals surface area contributed by atoms with Crippen LogP contribution in [0.1, 0.15) is 49.0 Å². The van der Waals surface area contributed by atoms with Gasteiger partial charge >= 0.3 is 0 Å². The first-order valence-electron chi connectivity index (χ1n) is 9.79. The standard InChI is InChI=1S/C23H28N2O3/c1-16(2)12-15-24-22(27)23(13-14-23)18-6-8-19(9-7-18)25-21(26)17-4-10-20(28-3)11-5-17/h4-11,16H,12-15H2,1-3H3,(H,24,27)(H,25,26). The summed E-state index contributed by atoms with van der Waals surface area (Å²) in [4.78, 5) is 25.0. The third-order valence-corrected chi connectivity index (χ3v) is 5.24. The number of methoxy groups -OCH3 is 1. The Bertz CT molecular complexity index is 822. The van der Waals surface area contributed by atoms with Gasteiger partial charge in [-0.1, -0.05) is 26.0 Å². The molecule has 5 nitrogen and oxygen atoms in total. The van der Waals surface area contributed by atoms with Gasteiger partial charge in [0.05, 0.1) is 12.5 Å². The SMILES string of the molecule is COc1ccc(C(=O)Nc2ccc(C3(C(=O)NCCC(C)C)CC3)cc2)cc1. The predicted octanol–water partition coefficient (Wildman–Crippen LogP) is 4.14. The van der Waals surface area contributed by atoms with E-state index in [4.69, 9.17) is 4.74 Å². The summed E-state index contributed by atoms with van der Waals surface area (Å²) < 4.78 is 5.11. The van der Waals surface area contributed by atoms with Crippen LogP contribution < -0.4 is 15.4 Å². The molecule has 0 aliphatic heterocycles. The fourth-order valence-corrected chi connectivity index (χ4v) is 3.23. The molecule has 2 aromatic carbocycles. The van der Waals surface area contributed by atoms with Crippen molar-refractivity contribution in [3.8, 4) is 5.75 Å². The molecule has 1 aliphatic carbocycles. The van der Waals surface area contributed by atoms with Crippen LogP contribution in [0.2, 0.25) is 0 Å². The Balaban J connectivity index is 1.61. The Morgan fingerprint density at radius 2 is 1.68 bits per heavy atom. The van der Waals surface area contributed by atoms with Gasteiger partial charge in [0, 0.05) is 17.8 Å². The van der Waals surface area contributed by atoms with E-state index >= 15 is 0 Å². The summed E-state index contributed by atoms with van der Waals surface area (Å²) >= 11 is 0. The van der Waals surface area contributed by atoms with Crippen LogP contribution in [-0.4, -0.2) is 25.5 Å². The molecule has 0 spiro atoms. The zero-order chi connectivity index (χ0) is 20.1. The lowest BCUT2D eigenvalue weighted by molar-refractivity contribution is -0.123. The summed E-state index contributed by atoms with van der Waals surface area (Å²) in [6.45, 7) is 5.02. The minimum Gasteiger partial charge on any atom is -0.497 e. The molecule has 0 atom stereocenters. The molecule has 2 amide bonds. The van der Waals surface area contributed by atoms with Crippen LogP contribution in [0.5, 0.6) is 5.75 Å². The van der Waals surface area contributed by atoms with Crippen LogP contribution in [-0.2, 0) is 10.2 Å². The number of nitrogens with one attached hydrogen (secondary N) is 2. The second-order valence-electron chi connectivity index (χ2n) is 7.78. The van der Waals surface area contributed by atoms with E-state index in [1.54, 1.807) is 31.4 Å². The first-order valence-corrected chi connectivity index (χ1v) is 9.79. The smallest absolute Gasteiger partial charge is 0.255 e. The molecule has 5 heteroatoms. The second-order valence-corrected chi connectivity index (χ2v) is 7.78. The van der Waals surface area contributed by atoms with Gasteiger partial charge in [0.15, 0.2) is 0 Å². The molecule has 0 heterocycles. The number of amides is 2. The number of rotatable bonds is 8. The van der Waals surface area contributed by atoms with Crippen LogP contribution in [0.15, 0.2) is 48.5 Å². The molecule has 28 heavy (non-hydrogen) atoms. The Hall–Kier alpha value is -2.82. The molecule has 2 aromatic rings. The summed E-state index contributed by atoms with van der Waals surface area (Å²) in [6, 6.07) is 14.6. The summed E-state index contributed by atoms with van der Waals surface area (Å²) in [5, 5.41) is 5.96. The molecule has 0 saturated heterocycles. The van der Waals surface area contributed by atoms with Crippen molar-refractivity contribution < 1.29 is 14.3 Å². The maximum atomic E-state index is 12.6. The molecule has 0 unspecified atom stereocenters. The molecule has 0 aromatic heterocycles. The Morgan fingerprint density at radius 3 is 2.21 bits per heavy atom. The molecule has 1 fully saturated rings. The molecule has 148 valence electrons. The first-order chi connectivity index (χ1) is 13.4. The van der Waals surface area contributed by atoms with Gasteiger partial charge in [0.2, 0.25) is 5.91 Å². The van der Waals surface area contributed by atoms with Crippen molar-refractivity contribution in [2.45, 2.75) is 38.5 Å². The quantitative estimate of drug-likeness (QED) is 0.723. The van der Waals surface area contributed by atoms with E-state index in [0.717, 1.165) is 24.8 Å². The number of benzene rings is 2. The fraction of sp³-hybridized carbons (Fsp3) is 0.391. The maximum absolute atomic E-state index is 12.6. The van der Waals surface area contributed by atoms with Crippen LogP contribution in [0.4, 0.5) is 5.69 Å². The number of hydrogen-bond acceptors (Lipinski definition) is 3. The van der Waals surface area contributed by atoms with E-state index in [1.807, 2.05) is 24.3 Å². The third-order valence-electron chi connectivity index (χ3n) is 5.24. The highest BCUT2D eigenvalue weighted by Gasteiger charge is 2.50. The average molecular weight is 380 g/mol. The molecule has 0 bridgehead atoms. The van der Waals surface area contributed by atoms with E-state index in [9.17, 15) is 9.59 Å². The van der Waals surface area contributed by atoms with Gasteiger partial charge in [0.1, 0.15) is 5.75 Å². The average Bonchev–Trinajstić information content (AvgIpc) is 3.50. The minimum atomic E-state index is -0.393. The lowest BCUT2D eigenvalue weighted by atomic mass is 9.94. The maximum Gasteiger partial charge on any atom is 0.255 e. The van der Waals surface area contributed by atoms with E-state index in [1.165, 1.54) is 0 Å². The van der Waals surface area contributed by atoms with Crippen LogP contribution in [0.3, 0.4) is 0 Å². The third kappa shape index (κ3) is 4.53. The number of carbonyl (C=O) groups is 2. The van der Waals surface area contributed by atoms with Crippen molar-refractivity contribution in [1.82, 2.24) is 5.32 Å². The number of hydrogen-bond donors (Lipinski definition) is 2. The normalized spacial score (nSPS) is 14.4. The molecule has 3 rings (SSSR count). The Kier molecular flexibility index (Phi) is 6.02. The molecule has 1 aliphatic rings. The van der Waals surface area contributed by atoms with Crippen LogP contribution in [0, 0.1) is 5.92 Å². The van der Waals surface area contributed by atoms with E-state index in [0.29, 0.717) is 29.5 Å². The monoisotopic (exact) mass is 380 g/mol. The van der Waals surface area contributed by atoms with Gasteiger partial charge in [-0.3, -0.25) is 9.59 Å². The summed E-state index contributed by atoms with van der Waals surface area (Å²) in [7, 11) is 1.59. The van der Waals surface area contributed by atoms with Gasteiger partial charge in [0.25, 0.3) is 5.91 Å². The van der Waals surface area contributed by atoms with Crippen molar-refractivity contribution in [2.75, 3.05) is 19.0 Å². The van der Waals surface area contributed by atoms with E-state index in [-0.39, 0.29) is 11.8 Å². The van der Waals surface area contributed by atoms with Crippen LogP contribution >= 0.6 is 0 Å². The molecular weight excluding hydrogens is 352 g/mol. The van der Waals surface area contributed by atoms with Gasteiger partial charge in [-0.15, -0.1) is 0 Å². The van der Waals surface area contributed by atoms with Gasteiger partial charge in [-0.2, -0.15) is 0 Å². The van der Waals surface area contributed by atoms with Gasteiger partial charge in [-0.25, -0.2) is 0 Å². The Morgan fingerprint density at radius 1 is 1.04 bits per heavy atom. The number of anilines is 1. The van der Waals surface area contributed by atoms with Crippen LogP contribution in [0.25, 0.3) is 0 Å². The fourth-order valence-electron chi connectivity index (χ4n) is 3.23. The van der Waals surface area contributed by atoms with Gasteiger partial charge in [-0.05, 0) is 67.1 Å². The molecule has 0 radical (unpaired) electrons. The lowest BCUT2D eigenvalue weighted by Crippen LogP contribution is -2.35.